The lowest BCUT2D eigenvalue weighted by atomic mass is 10.1. The van der Waals surface area contributed by atoms with Crippen LogP contribution >= 0.6 is 0 Å². The molecule has 5 heteroatoms. The summed E-state index contributed by atoms with van der Waals surface area (Å²) in [5.41, 5.74) is 3.15. The predicted octanol–water partition coefficient (Wildman–Crippen LogP) is 3.45. The van der Waals surface area contributed by atoms with Gasteiger partial charge in [-0.1, -0.05) is 42.0 Å². The number of benzene rings is 2. The maximum Gasteiger partial charge on any atom is 0.236 e. The van der Waals surface area contributed by atoms with Crippen LogP contribution in [0.5, 0.6) is 0 Å². The van der Waals surface area contributed by atoms with Crippen LogP contribution in [-0.4, -0.2) is 54.5 Å². The monoisotopic (exact) mass is 381 g/mol. The Morgan fingerprint density at radius 3 is 2.36 bits per heavy atom. The van der Waals surface area contributed by atoms with Crippen molar-refractivity contribution in [3.63, 3.8) is 0 Å². The highest BCUT2D eigenvalue weighted by atomic mass is 19.1. The van der Waals surface area contributed by atoms with Gasteiger partial charge in [0.2, 0.25) is 5.91 Å². The van der Waals surface area contributed by atoms with E-state index in [1.807, 2.05) is 21.9 Å². The summed E-state index contributed by atoms with van der Waals surface area (Å²) in [6.07, 6.45) is 2.36. The van der Waals surface area contributed by atoms with Crippen molar-refractivity contribution in [1.29, 1.82) is 0 Å². The van der Waals surface area contributed by atoms with Crippen molar-refractivity contribution in [2.75, 3.05) is 37.6 Å². The van der Waals surface area contributed by atoms with E-state index in [4.69, 9.17) is 0 Å². The van der Waals surface area contributed by atoms with Crippen molar-refractivity contribution in [2.45, 2.75) is 32.4 Å². The lowest BCUT2D eigenvalue weighted by Gasteiger charge is -2.37. The van der Waals surface area contributed by atoms with E-state index in [-0.39, 0.29) is 11.7 Å². The van der Waals surface area contributed by atoms with Gasteiger partial charge in [-0.25, -0.2) is 4.39 Å². The van der Waals surface area contributed by atoms with Crippen molar-refractivity contribution < 1.29 is 9.18 Å². The van der Waals surface area contributed by atoms with Gasteiger partial charge in [-0.2, -0.15) is 0 Å². The van der Waals surface area contributed by atoms with Crippen LogP contribution < -0.4 is 4.90 Å². The van der Waals surface area contributed by atoms with Crippen LogP contribution in [0.4, 0.5) is 10.1 Å². The molecule has 0 aromatic heterocycles. The van der Waals surface area contributed by atoms with Gasteiger partial charge in [0.1, 0.15) is 5.82 Å². The number of amides is 1. The summed E-state index contributed by atoms with van der Waals surface area (Å²) >= 11 is 0. The van der Waals surface area contributed by atoms with Crippen LogP contribution in [0.1, 0.15) is 24.0 Å². The number of rotatable bonds is 6. The third-order valence-corrected chi connectivity index (χ3v) is 5.73. The third kappa shape index (κ3) is 4.53. The Hall–Kier alpha value is -2.40. The maximum absolute atomic E-state index is 14.0. The lowest BCUT2D eigenvalue weighted by molar-refractivity contribution is -0.133. The Kier molecular flexibility index (Phi) is 5.62. The molecule has 1 heterocycles. The quantitative estimate of drug-likeness (QED) is 0.767. The molecular formula is C23H28FN3O. The van der Waals surface area contributed by atoms with Crippen molar-refractivity contribution >= 4 is 11.6 Å². The number of halogens is 1. The summed E-state index contributed by atoms with van der Waals surface area (Å²) in [7, 11) is 0. The Balaban J connectivity index is 1.33. The van der Waals surface area contributed by atoms with Crippen molar-refractivity contribution in [3.05, 3.63) is 65.5 Å². The summed E-state index contributed by atoms with van der Waals surface area (Å²) in [5, 5.41) is 0. The van der Waals surface area contributed by atoms with Crippen LogP contribution in [0.25, 0.3) is 0 Å². The number of carbonyl (C=O) groups excluding carboxylic acids is 1. The molecule has 1 saturated heterocycles. The fraction of sp³-hybridized carbons (Fsp3) is 0.435. The standard InChI is InChI=1S/C23H28FN3O/c1-18-6-8-19(9-7-18)16-27(20-10-11-20)17-23(28)26-14-12-25(13-15-26)22-5-3-2-4-21(22)24/h2-9,20H,10-17H2,1H3. The molecule has 1 aliphatic carbocycles. The Morgan fingerprint density at radius 1 is 1.04 bits per heavy atom. The molecule has 0 radical (unpaired) electrons. The van der Waals surface area contributed by atoms with Gasteiger partial charge in [0, 0.05) is 38.8 Å². The van der Waals surface area contributed by atoms with Crippen molar-refractivity contribution in [2.24, 2.45) is 0 Å². The van der Waals surface area contributed by atoms with E-state index < -0.39 is 0 Å². The van der Waals surface area contributed by atoms with Gasteiger partial charge < -0.3 is 9.80 Å². The van der Waals surface area contributed by atoms with Gasteiger partial charge in [0.15, 0.2) is 0 Å². The van der Waals surface area contributed by atoms with E-state index in [2.05, 4.69) is 36.1 Å². The number of para-hydroxylation sites is 1. The SMILES string of the molecule is Cc1ccc(CN(CC(=O)N2CCN(c3ccccc3F)CC2)C2CC2)cc1. The van der Waals surface area contributed by atoms with Crippen LogP contribution in [0.2, 0.25) is 0 Å². The minimum Gasteiger partial charge on any atom is -0.366 e. The average Bonchev–Trinajstić information content (AvgIpc) is 3.55. The fourth-order valence-corrected chi connectivity index (χ4v) is 3.86. The molecule has 4 nitrogen and oxygen atoms in total. The molecule has 0 N–H and O–H groups in total. The zero-order valence-electron chi connectivity index (χ0n) is 16.5. The minimum atomic E-state index is -0.194. The third-order valence-electron chi connectivity index (χ3n) is 5.73. The predicted molar refractivity (Wildman–Crippen MR) is 110 cm³/mol. The van der Waals surface area contributed by atoms with Crippen LogP contribution in [0.3, 0.4) is 0 Å². The Bertz CT molecular complexity index is 811. The van der Waals surface area contributed by atoms with Gasteiger partial charge in [0.05, 0.1) is 12.2 Å². The van der Waals surface area contributed by atoms with E-state index in [1.54, 1.807) is 6.07 Å². The molecule has 0 atom stereocenters. The van der Waals surface area contributed by atoms with E-state index >= 15 is 0 Å². The van der Waals surface area contributed by atoms with Gasteiger partial charge in [-0.3, -0.25) is 9.69 Å². The zero-order chi connectivity index (χ0) is 19.5. The molecule has 2 aromatic rings. The molecule has 28 heavy (non-hydrogen) atoms. The van der Waals surface area contributed by atoms with Gasteiger partial charge >= 0.3 is 0 Å². The first-order valence-electron chi connectivity index (χ1n) is 10.2. The normalized spacial score (nSPS) is 17.2. The summed E-state index contributed by atoms with van der Waals surface area (Å²) in [6.45, 7) is 6.03. The summed E-state index contributed by atoms with van der Waals surface area (Å²) < 4.78 is 14.0. The number of piperazine rings is 1. The molecule has 1 saturated carbocycles. The number of hydrogen-bond acceptors (Lipinski definition) is 3. The van der Waals surface area contributed by atoms with E-state index in [0.29, 0.717) is 44.5 Å². The molecule has 2 aromatic carbocycles. The van der Waals surface area contributed by atoms with Gasteiger partial charge in [-0.05, 0) is 37.5 Å². The average molecular weight is 381 g/mol. The molecule has 2 aliphatic rings. The number of hydrogen-bond donors (Lipinski definition) is 0. The Labute approximate surface area is 166 Å². The first kappa shape index (κ1) is 18.9. The van der Waals surface area contributed by atoms with Gasteiger partial charge in [-0.15, -0.1) is 0 Å². The second-order valence-corrected chi connectivity index (χ2v) is 7.94. The first-order valence-corrected chi connectivity index (χ1v) is 10.2. The maximum atomic E-state index is 14.0. The molecule has 0 bridgehead atoms. The van der Waals surface area contributed by atoms with Crippen LogP contribution in [-0.2, 0) is 11.3 Å². The van der Waals surface area contributed by atoms with Crippen molar-refractivity contribution in [1.82, 2.24) is 9.80 Å². The molecule has 148 valence electrons. The van der Waals surface area contributed by atoms with Crippen LogP contribution in [0, 0.1) is 12.7 Å². The molecule has 1 amide bonds. The highest BCUT2D eigenvalue weighted by Crippen LogP contribution is 2.28. The van der Waals surface area contributed by atoms with Gasteiger partial charge in [0.25, 0.3) is 0 Å². The zero-order valence-corrected chi connectivity index (χ0v) is 16.5. The number of carbonyl (C=O) groups is 1. The molecule has 0 unspecified atom stereocenters. The topological polar surface area (TPSA) is 26.8 Å². The minimum absolute atomic E-state index is 0.187. The number of nitrogens with zero attached hydrogens (tertiary/aromatic N) is 3. The highest BCUT2D eigenvalue weighted by Gasteiger charge is 2.32. The fourth-order valence-electron chi connectivity index (χ4n) is 3.86. The largest absolute Gasteiger partial charge is 0.366 e. The molecule has 1 aliphatic heterocycles. The van der Waals surface area contributed by atoms with E-state index in [0.717, 1.165) is 6.54 Å². The summed E-state index contributed by atoms with van der Waals surface area (Å²) in [6, 6.07) is 16.0. The molecule has 0 spiro atoms. The van der Waals surface area contributed by atoms with Crippen LogP contribution in [0.15, 0.2) is 48.5 Å². The number of anilines is 1. The second-order valence-electron chi connectivity index (χ2n) is 7.94. The molecular weight excluding hydrogens is 353 g/mol. The lowest BCUT2D eigenvalue weighted by Crippen LogP contribution is -2.51. The van der Waals surface area contributed by atoms with E-state index in [9.17, 15) is 9.18 Å². The van der Waals surface area contributed by atoms with E-state index in [1.165, 1.54) is 30.0 Å². The first-order chi connectivity index (χ1) is 13.6. The smallest absolute Gasteiger partial charge is 0.236 e. The Morgan fingerprint density at radius 2 is 1.71 bits per heavy atom. The summed E-state index contributed by atoms with van der Waals surface area (Å²) in [4.78, 5) is 19.2. The molecule has 2 fully saturated rings. The molecule has 4 rings (SSSR count). The number of aryl methyl sites for hydroxylation is 1. The van der Waals surface area contributed by atoms with Crippen molar-refractivity contribution in [3.8, 4) is 0 Å². The second kappa shape index (κ2) is 8.31. The highest BCUT2D eigenvalue weighted by molar-refractivity contribution is 5.78. The summed E-state index contributed by atoms with van der Waals surface area (Å²) in [5.74, 6) is -0.00696.